The van der Waals surface area contributed by atoms with Gasteiger partial charge < -0.3 is 16.8 Å². The Balaban J connectivity index is 2.63. The van der Waals surface area contributed by atoms with Crippen LogP contribution >= 0.6 is 0 Å². The van der Waals surface area contributed by atoms with E-state index >= 15 is 0 Å². The summed E-state index contributed by atoms with van der Waals surface area (Å²) in [6.07, 6.45) is 2.30. The fourth-order valence-corrected chi connectivity index (χ4v) is 1.82. The molecule has 0 aromatic heterocycles. The highest BCUT2D eigenvalue weighted by Gasteiger charge is 2.15. The largest absolute Gasteiger partial charge is 0.352 e. The van der Waals surface area contributed by atoms with E-state index < -0.39 is 24.8 Å². The lowest BCUT2D eigenvalue weighted by Crippen LogP contribution is -2.45. The highest BCUT2D eigenvalue weighted by atomic mass is 16.2. The fraction of sp³-hybridized carbons (Fsp3) is 0.533. The third-order valence-corrected chi connectivity index (χ3v) is 2.91. The van der Waals surface area contributed by atoms with Crippen molar-refractivity contribution in [1.29, 1.82) is 0 Å². The van der Waals surface area contributed by atoms with Crippen molar-refractivity contribution in [2.45, 2.75) is 44.6 Å². The topological polar surface area (TPSA) is 81.1 Å². The Hall–Kier alpha value is -1.39. The molecule has 0 aliphatic carbocycles. The predicted molar refractivity (Wildman–Crippen MR) is 78.6 cm³/mol. The molecule has 106 valence electrons. The Labute approximate surface area is 119 Å². The van der Waals surface area contributed by atoms with Crippen molar-refractivity contribution >= 4 is 5.91 Å². The molecule has 1 amide bonds. The number of hydrogen-bond acceptors (Lipinski definition) is 3. The van der Waals surface area contributed by atoms with Gasteiger partial charge in [0.25, 0.3) is 0 Å². The summed E-state index contributed by atoms with van der Waals surface area (Å²) in [4.78, 5) is 12.1. The molecule has 0 saturated heterocycles. The maximum atomic E-state index is 12.1. The van der Waals surface area contributed by atoms with Crippen LogP contribution in [0, 0.1) is 0 Å². The van der Waals surface area contributed by atoms with Crippen LogP contribution in [0.1, 0.15) is 35.8 Å². The maximum absolute atomic E-state index is 12.1. The van der Waals surface area contributed by atoms with Gasteiger partial charge in [-0.1, -0.05) is 36.8 Å². The van der Waals surface area contributed by atoms with Gasteiger partial charge in [0, 0.05) is 10.2 Å². The molecule has 5 N–H and O–H groups in total. The van der Waals surface area contributed by atoms with Gasteiger partial charge in [-0.2, -0.15) is 0 Å². The first-order chi connectivity index (χ1) is 10.3. The smallest absolute Gasteiger partial charge is 0.237 e. The number of unbranched alkanes of at least 4 members (excludes halogenated alkanes) is 1. The van der Waals surface area contributed by atoms with Gasteiger partial charge in [-0.05, 0) is 38.2 Å². The van der Waals surface area contributed by atoms with Crippen molar-refractivity contribution in [3.63, 3.8) is 0 Å². The van der Waals surface area contributed by atoms with Crippen LogP contribution in [0.25, 0.3) is 0 Å². The molecule has 0 saturated carbocycles. The monoisotopic (exact) mass is 267 g/mol. The molecular formula is C15H25N3O. The zero-order valence-electron chi connectivity index (χ0n) is 14.1. The summed E-state index contributed by atoms with van der Waals surface area (Å²) in [5, 5.41) is 2.57. The average molecular weight is 267 g/mol. The number of benzene rings is 1. The SMILES string of the molecule is [2H][13C]([2H])([2H])[C@@H](Cc1ccccc1)NC(=O)[C@H](N)CCCCN. The standard InChI is InChI=1S/C15H25N3O/c1-12(11-13-7-3-2-4-8-13)18-15(19)14(17)9-5-6-10-16/h2-4,7-8,12,14H,5-6,9-11,16-17H2,1H3,(H,18,19)/t12-,14+/m0/s1/i1+1D3. The number of nitrogens with two attached hydrogens (primary N) is 2. The molecule has 0 radical (unpaired) electrons. The Kier molecular flexibility index (Phi) is 5.22. The van der Waals surface area contributed by atoms with Gasteiger partial charge in [0.15, 0.2) is 0 Å². The molecule has 0 bridgehead atoms. The summed E-state index contributed by atoms with van der Waals surface area (Å²) < 4.78 is 22.8. The van der Waals surface area contributed by atoms with Gasteiger partial charge >= 0.3 is 0 Å². The highest BCUT2D eigenvalue weighted by molar-refractivity contribution is 5.81. The Morgan fingerprint density at radius 1 is 1.37 bits per heavy atom. The minimum atomic E-state index is -2.28. The van der Waals surface area contributed by atoms with E-state index in [0.717, 1.165) is 18.4 Å². The maximum Gasteiger partial charge on any atom is 0.237 e. The first-order valence-electron chi connectivity index (χ1n) is 8.14. The summed E-state index contributed by atoms with van der Waals surface area (Å²) in [5.74, 6) is -0.422. The van der Waals surface area contributed by atoms with Crippen molar-refractivity contribution in [2.24, 2.45) is 11.5 Å². The van der Waals surface area contributed by atoms with E-state index in [0.29, 0.717) is 13.0 Å². The van der Waals surface area contributed by atoms with Crippen molar-refractivity contribution in [2.75, 3.05) is 6.54 Å². The van der Waals surface area contributed by atoms with E-state index in [-0.39, 0.29) is 6.42 Å². The van der Waals surface area contributed by atoms with Crippen LogP contribution < -0.4 is 16.8 Å². The predicted octanol–water partition coefficient (Wildman–Crippen LogP) is 1.19. The molecule has 1 aromatic carbocycles. The summed E-state index contributed by atoms with van der Waals surface area (Å²) in [6.45, 7) is -1.72. The third kappa shape index (κ3) is 6.36. The molecular weight excluding hydrogens is 239 g/mol. The number of carbonyl (C=O) groups is 1. The second-order valence-electron chi connectivity index (χ2n) is 4.64. The normalized spacial score (nSPS) is 16.8. The van der Waals surface area contributed by atoms with Crippen LogP contribution in [0.4, 0.5) is 0 Å². The van der Waals surface area contributed by atoms with Crippen LogP contribution in [0.5, 0.6) is 0 Å². The van der Waals surface area contributed by atoms with Gasteiger partial charge in [0.05, 0.1) is 6.04 Å². The number of nitrogens with one attached hydrogen (secondary N) is 1. The lowest BCUT2D eigenvalue weighted by molar-refractivity contribution is -0.123. The molecule has 0 aliphatic heterocycles. The van der Waals surface area contributed by atoms with Crippen LogP contribution in [-0.4, -0.2) is 24.5 Å². The summed E-state index contributed by atoms with van der Waals surface area (Å²) in [5.41, 5.74) is 12.1. The molecule has 0 aliphatic rings. The summed E-state index contributed by atoms with van der Waals surface area (Å²) in [6, 6.07) is 7.58. The van der Waals surface area contributed by atoms with Gasteiger partial charge in [0.1, 0.15) is 0 Å². The Morgan fingerprint density at radius 3 is 2.74 bits per heavy atom. The minimum absolute atomic E-state index is 0.249. The number of carbonyl (C=O) groups excluding carboxylic acids is 1. The van der Waals surface area contributed by atoms with Gasteiger partial charge in [-0.25, -0.2) is 0 Å². The molecule has 0 unspecified atom stereocenters. The highest BCUT2D eigenvalue weighted by Crippen LogP contribution is 2.04. The van der Waals surface area contributed by atoms with E-state index in [2.05, 4.69) is 5.32 Å². The lowest BCUT2D eigenvalue weighted by Gasteiger charge is -2.17. The van der Waals surface area contributed by atoms with E-state index in [4.69, 9.17) is 15.6 Å². The van der Waals surface area contributed by atoms with Crippen LogP contribution in [0.2, 0.25) is 0 Å². The minimum Gasteiger partial charge on any atom is -0.352 e. The molecule has 0 fully saturated rings. The van der Waals surface area contributed by atoms with E-state index in [1.54, 1.807) is 0 Å². The van der Waals surface area contributed by atoms with Crippen molar-refractivity contribution in [3.05, 3.63) is 35.9 Å². The first kappa shape index (κ1) is 11.4. The first-order valence-corrected chi connectivity index (χ1v) is 6.64. The second-order valence-corrected chi connectivity index (χ2v) is 4.64. The van der Waals surface area contributed by atoms with E-state index in [9.17, 15) is 4.79 Å². The molecule has 1 rings (SSSR count). The molecule has 0 heterocycles. The Morgan fingerprint density at radius 2 is 2.11 bits per heavy atom. The summed E-state index contributed by atoms with van der Waals surface area (Å²) in [7, 11) is 0. The van der Waals surface area contributed by atoms with Crippen LogP contribution in [0.3, 0.4) is 0 Å². The molecule has 0 spiro atoms. The van der Waals surface area contributed by atoms with E-state index in [1.165, 1.54) is 0 Å². The number of amides is 1. The summed E-state index contributed by atoms with van der Waals surface area (Å²) >= 11 is 0. The quantitative estimate of drug-likeness (QED) is 0.489. The molecule has 1 aromatic rings. The Bertz CT molecular complexity index is 451. The zero-order valence-corrected chi connectivity index (χ0v) is 11.1. The molecule has 19 heavy (non-hydrogen) atoms. The van der Waals surface area contributed by atoms with Crippen LogP contribution in [0.15, 0.2) is 30.3 Å². The average Bonchev–Trinajstić information content (AvgIpc) is 2.46. The van der Waals surface area contributed by atoms with E-state index in [1.807, 2.05) is 30.3 Å². The zero-order chi connectivity index (χ0) is 16.6. The fourth-order valence-electron chi connectivity index (χ4n) is 1.82. The second kappa shape index (κ2) is 8.67. The lowest BCUT2D eigenvalue weighted by atomic mass is 10.1. The van der Waals surface area contributed by atoms with Crippen molar-refractivity contribution in [3.8, 4) is 0 Å². The molecule has 2 atom stereocenters. The van der Waals surface area contributed by atoms with Crippen LogP contribution in [-0.2, 0) is 11.2 Å². The molecule has 4 nitrogen and oxygen atoms in total. The van der Waals surface area contributed by atoms with Gasteiger partial charge in [-0.15, -0.1) is 0 Å². The van der Waals surface area contributed by atoms with Crippen molar-refractivity contribution in [1.82, 2.24) is 5.32 Å². The van der Waals surface area contributed by atoms with Gasteiger partial charge in [0.2, 0.25) is 5.91 Å². The number of hydrogen-bond donors (Lipinski definition) is 3. The van der Waals surface area contributed by atoms with Crippen molar-refractivity contribution < 1.29 is 8.91 Å². The molecule has 4 heteroatoms. The third-order valence-electron chi connectivity index (χ3n) is 2.91. The van der Waals surface area contributed by atoms with Gasteiger partial charge in [-0.3, -0.25) is 4.79 Å². The number of rotatable bonds is 8.